The number of carbonyl (C=O) groups is 2. The molecule has 1 aliphatic heterocycles. The van der Waals surface area contributed by atoms with E-state index in [1.54, 1.807) is 19.3 Å². The summed E-state index contributed by atoms with van der Waals surface area (Å²) in [5.74, 6) is 0.782. The van der Waals surface area contributed by atoms with Gasteiger partial charge in [0.15, 0.2) is 11.5 Å². The molecule has 4 rings (SSSR count). The van der Waals surface area contributed by atoms with Crippen LogP contribution in [0.25, 0.3) is 6.08 Å². The first-order valence-corrected chi connectivity index (χ1v) is 13.6. The molecule has 0 aliphatic carbocycles. The predicted octanol–water partition coefficient (Wildman–Crippen LogP) is 7.64. The lowest BCUT2D eigenvalue weighted by molar-refractivity contribution is -0.123. The van der Waals surface area contributed by atoms with Crippen molar-refractivity contribution in [2.24, 2.45) is 0 Å². The van der Waals surface area contributed by atoms with Gasteiger partial charge in [-0.25, -0.2) is 0 Å². The van der Waals surface area contributed by atoms with Crippen molar-refractivity contribution >= 4 is 83.4 Å². The molecule has 1 saturated heterocycles. The van der Waals surface area contributed by atoms with Crippen LogP contribution in [-0.2, 0) is 17.9 Å². The number of hydrogen-bond acceptors (Lipinski definition) is 5. The highest BCUT2D eigenvalue weighted by Gasteiger charge is 2.35. The quantitative estimate of drug-likeness (QED) is 0.186. The minimum absolute atomic E-state index is 0.245. The van der Waals surface area contributed by atoms with Crippen molar-refractivity contribution < 1.29 is 19.1 Å². The van der Waals surface area contributed by atoms with E-state index in [2.05, 4.69) is 54.5 Å². The normalized spacial score (nSPS) is 14.7. The molecule has 0 N–H and O–H groups in total. The lowest BCUT2D eigenvalue weighted by Gasteiger charge is -2.14. The summed E-state index contributed by atoms with van der Waals surface area (Å²) in [5, 5.41) is -0.282. The molecule has 0 spiro atoms. The zero-order valence-corrected chi connectivity index (χ0v) is 24.0. The molecule has 174 valence electrons. The van der Waals surface area contributed by atoms with Gasteiger partial charge in [-0.3, -0.25) is 14.5 Å². The standard InChI is InChI=1S/C25H18Br2INO4S/c1-32-21-11-17(10-20(27)23(21)33-14-16-2-6-18(26)7-3-16)12-22-24(30)29(25(31)34-22)13-15-4-8-19(28)9-5-15/h2-12H,13-14H2,1H3/b22-12-. The molecule has 0 unspecified atom stereocenters. The second-order valence-corrected chi connectivity index (χ2v) is 11.4. The lowest BCUT2D eigenvalue weighted by Crippen LogP contribution is -2.27. The first kappa shape index (κ1) is 25.3. The molecule has 9 heteroatoms. The van der Waals surface area contributed by atoms with E-state index in [9.17, 15) is 9.59 Å². The van der Waals surface area contributed by atoms with E-state index in [1.807, 2.05) is 54.6 Å². The van der Waals surface area contributed by atoms with Gasteiger partial charge in [0.25, 0.3) is 11.1 Å². The number of methoxy groups -OCH3 is 1. The van der Waals surface area contributed by atoms with Gasteiger partial charge in [0.1, 0.15) is 6.61 Å². The van der Waals surface area contributed by atoms with Crippen LogP contribution in [0.2, 0.25) is 0 Å². The van der Waals surface area contributed by atoms with Gasteiger partial charge in [-0.15, -0.1) is 0 Å². The molecule has 34 heavy (non-hydrogen) atoms. The minimum Gasteiger partial charge on any atom is -0.493 e. The fourth-order valence-corrected chi connectivity index (χ4v) is 5.30. The Balaban J connectivity index is 1.52. The van der Waals surface area contributed by atoms with Crippen LogP contribution in [0.4, 0.5) is 4.79 Å². The van der Waals surface area contributed by atoms with E-state index in [-0.39, 0.29) is 17.7 Å². The summed E-state index contributed by atoms with van der Waals surface area (Å²) in [4.78, 5) is 27.1. The van der Waals surface area contributed by atoms with Crippen molar-refractivity contribution in [2.75, 3.05) is 7.11 Å². The maximum absolute atomic E-state index is 12.9. The van der Waals surface area contributed by atoms with Crippen LogP contribution in [0.1, 0.15) is 16.7 Å². The van der Waals surface area contributed by atoms with Crippen LogP contribution < -0.4 is 9.47 Å². The number of rotatable bonds is 7. The Morgan fingerprint density at radius 3 is 2.35 bits per heavy atom. The molecule has 0 bridgehead atoms. The SMILES string of the molecule is COc1cc(/C=C2\SC(=O)N(Cc3ccc(I)cc3)C2=O)cc(Br)c1OCc1ccc(Br)cc1. The van der Waals surface area contributed by atoms with Crippen molar-refractivity contribution in [3.8, 4) is 11.5 Å². The van der Waals surface area contributed by atoms with Crippen LogP contribution in [0, 0.1) is 3.57 Å². The number of halogens is 3. The summed E-state index contributed by atoms with van der Waals surface area (Å²) in [6.07, 6.45) is 1.70. The third-order valence-corrected chi connectivity index (χ3v) is 7.72. The molecule has 0 saturated carbocycles. The second kappa shape index (κ2) is 11.3. The smallest absolute Gasteiger partial charge is 0.293 e. The molecule has 0 atom stereocenters. The lowest BCUT2D eigenvalue weighted by atomic mass is 10.1. The number of nitrogens with zero attached hydrogens (tertiary/aromatic N) is 1. The number of ether oxygens (including phenoxy) is 2. The summed E-state index contributed by atoms with van der Waals surface area (Å²) in [6, 6.07) is 19.2. The molecule has 1 heterocycles. The minimum atomic E-state index is -0.306. The molecule has 0 aromatic heterocycles. The number of carbonyl (C=O) groups excluding carboxylic acids is 2. The maximum atomic E-state index is 12.9. The molecule has 3 aromatic rings. The van der Waals surface area contributed by atoms with E-state index in [4.69, 9.17) is 9.47 Å². The number of thioether (sulfide) groups is 1. The fraction of sp³-hybridized carbons (Fsp3) is 0.120. The Morgan fingerprint density at radius 1 is 1.00 bits per heavy atom. The van der Waals surface area contributed by atoms with Gasteiger partial charge < -0.3 is 9.47 Å². The highest BCUT2D eigenvalue weighted by molar-refractivity contribution is 14.1. The Labute approximate surface area is 232 Å². The summed E-state index contributed by atoms with van der Waals surface area (Å²) in [7, 11) is 1.56. The number of benzene rings is 3. The van der Waals surface area contributed by atoms with E-state index in [1.165, 1.54) is 4.90 Å². The van der Waals surface area contributed by atoms with Gasteiger partial charge in [0, 0.05) is 8.04 Å². The van der Waals surface area contributed by atoms with Crippen LogP contribution in [0.3, 0.4) is 0 Å². The van der Waals surface area contributed by atoms with Crippen LogP contribution in [-0.4, -0.2) is 23.2 Å². The van der Waals surface area contributed by atoms with Gasteiger partial charge in [0.05, 0.1) is 23.0 Å². The van der Waals surface area contributed by atoms with E-state index >= 15 is 0 Å². The fourth-order valence-electron chi connectivity index (χ4n) is 3.26. The predicted molar refractivity (Wildman–Crippen MR) is 150 cm³/mol. The van der Waals surface area contributed by atoms with Crippen LogP contribution >= 0.6 is 66.2 Å². The summed E-state index contributed by atoms with van der Waals surface area (Å²) in [5.41, 5.74) is 2.64. The average Bonchev–Trinajstić information content (AvgIpc) is 3.07. The molecule has 5 nitrogen and oxygen atoms in total. The molecule has 3 aromatic carbocycles. The van der Waals surface area contributed by atoms with Gasteiger partial charge in [0.2, 0.25) is 0 Å². The number of hydrogen-bond donors (Lipinski definition) is 0. The monoisotopic (exact) mass is 713 g/mol. The highest BCUT2D eigenvalue weighted by Crippen LogP contribution is 2.39. The average molecular weight is 715 g/mol. The molecular weight excluding hydrogens is 697 g/mol. The van der Waals surface area contributed by atoms with Gasteiger partial charge in [-0.1, -0.05) is 40.2 Å². The number of amides is 2. The Kier molecular flexibility index (Phi) is 8.39. The summed E-state index contributed by atoms with van der Waals surface area (Å²) in [6.45, 7) is 0.619. The Morgan fingerprint density at radius 2 is 1.68 bits per heavy atom. The van der Waals surface area contributed by atoms with Crippen LogP contribution in [0.15, 0.2) is 74.5 Å². The zero-order chi connectivity index (χ0) is 24.2. The first-order valence-electron chi connectivity index (χ1n) is 10.1. The van der Waals surface area contributed by atoms with Gasteiger partial charge >= 0.3 is 0 Å². The van der Waals surface area contributed by atoms with E-state index < -0.39 is 0 Å². The Bertz CT molecular complexity index is 1260. The maximum Gasteiger partial charge on any atom is 0.293 e. The molecule has 1 aliphatic rings. The largest absolute Gasteiger partial charge is 0.493 e. The summed E-state index contributed by atoms with van der Waals surface area (Å²) >= 11 is 10.1. The van der Waals surface area contributed by atoms with Gasteiger partial charge in [-0.2, -0.15) is 0 Å². The molecule has 1 fully saturated rings. The molecular formula is C25H18Br2INO4S. The summed E-state index contributed by atoms with van der Waals surface area (Å²) < 4.78 is 14.3. The van der Waals surface area contributed by atoms with Crippen LogP contribution in [0.5, 0.6) is 11.5 Å². The van der Waals surface area contributed by atoms with E-state index in [0.717, 1.165) is 36.5 Å². The topological polar surface area (TPSA) is 55.8 Å². The van der Waals surface area contributed by atoms with Crippen molar-refractivity contribution in [3.63, 3.8) is 0 Å². The Hall–Kier alpha value is -1.82. The van der Waals surface area contributed by atoms with Crippen molar-refractivity contribution in [2.45, 2.75) is 13.2 Å². The van der Waals surface area contributed by atoms with Crippen molar-refractivity contribution in [3.05, 3.63) is 94.8 Å². The first-order chi connectivity index (χ1) is 16.3. The van der Waals surface area contributed by atoms with Gasteiger partial charge in [-0.05, 0) is 109 Å². The third-order valence-electron chi connectivity index (χ3n) is 4.97. The van der Waals surface area contributed by atoms with Crippen molar-refractivity contribution in [1.82, 2.24) is 4.90 Å². The van der Waals surface area contributed by atoms with E-state index in [0.29, 0.717) is 27.5 Å². The molecule has 2 amide bonds. The third kappa shape index (κ3) is 6.05. The highest BCUT2D eigenvalue weighted by atomic mass is 127. The molecule has 0 radical (unpaired) electrons. The number of imide groups is 1. The zero-order valence-electron chi connectivity index (χ0n) is 17.9. The van der Waals surface area contributed by atoms with Crippen molar-refractivity contribution in [1.29, 1.82) is 0 Å². The second-order valence-electron chi connectivity index (χ2n) is 7.34.